The molecule has 2 aromatic rings. The van der Waals surface area contributed by atoms with Gasteiger partial charge in [-0.15, -0.1) is 6.58 Å². The van der Waals surface area contributed by atoms with E-state index in [-0.39, 0.29) is 11.4 Å². The third-order valence-corrected chi connectivity index (χ3v) is 5.17. The molecule has 22 heavy (non-hydrogen) atoms. The zero-order valence-corrected chi connectivity index (χ0v) is 13.4. The van der Waals surface area contributed by atoms with E-state index in [0.717, 1.165) is 23.3 Å². The van der Waals surface area contributed by atoms with Crippen molar-refractivity contribution in [2.24, 2.45) is 0 Å². The average molecular weight is 319 g/mol. The second-order valence-electron chi connectivity index (χ2n) is 5.02. The highest BCUT2D eigenvalue weighted by molar-refractivity contribution is 7.92. The Bertz CT molecular complexity index is 763. The molecule has 0 atom stereocenters. The number of sulfonamides is 1. The summed E-state index contributed by atoms with van der Waals surface area (Å²) in [5.74, 6) is -0.471. The van der Waals surface area contributed by atoms with Gasteiger partial charge >= 0.3 is 0 Å². The van der Waals surface area contributed by atoms with Gasteiger partial charge in [0.1, 0.15) is 5.82 Å². The predicted octanol–water partition coefficient (Wildman–Crippen LogP) is 3.82. The Labute approximate surface area is 130 Å². The zero-order valence-electron chi connectivity index (χ0n) is 12.6. The number of halogens is 1. The lowest BCUT2D eigenvalue weighted by molar-refractivity contribution is 0.591. The number of hydrogen-bond acceptors (Lipinski definition) is 2. The summed E-state index contributed by atoms with van der Waals surface area (Å²) in [5.41, 5.74) is 2.34. The SMILES string of the molecule is C=CCN(c1c(C)cccc1C)S(=O)(=O)c1ccc(F)cc1. The third kappa shape index (κ3) is 3.04. The Morgan fingerprint density at radius 3 is 2.14 bits per heavy atom. The summed E-state index contributed by atoms with van der Waals surface area (Å²) >= 11 is 0. The van der Waals surface area contributed by atoms with Crippen LogP contribution in [0.3, 0.4) is 0 Å². The van der Waals surface area contributed by atoms with Crippen LogP contribution in [0.15, 0.2) is 60.0 Å². The van der Waals surface area contributed by atoms with Gasteiger partial charge in [0.15, 0.2) is 0 Å². The van der Waals surface area contributed by atoms with Gasteiger partial charge in [-0.2, -0.15) is 0 Å². The van der Waals surface area contributed by atoms with Crippen LogP contribution >= 0.6 is 0 Å². The number of anilines is 1. The number of rotatable bonds is 5. The van der Waals surface area contributed by atoms with Crippen molar-refractivity contribution in [2.75, 3.05) is 10.8 Å². The molecule has 0 amide bonds. The number of nitrogens with zero attached hydrogens (tertiary/aromatic N) is 1. The summed E-state index contributed by atoms with van der Waals surface area (Å²) in [5, 5.41) is 0. The summed E-state index contributed by atoms with van der Waals surface area (Å²) in [6.45, 7) is 7.50. The maximum absolute atomic E-state index is 13.1. The summed E-state index contributed by atoms with van der Waals surface area (Å²) in [7, 11) is -3.78. The molecular formula is C17H18FNO2S. The highest BCUT2D eigenvalue weighted by atomic mass is 32.2. The van der Waals surface area contributed by atoms with Crippen LogP contribution in [-0.2, 0) is 10.0 Å². The molecule has 0 aliphatic carbocycles. The van der Waals surface area contributed by atoms with E-state index in [1.54, 1.807) is 0 Å². The fourth-order valence-corrected chi connectivity index (χ4v) is 3.92. The second kappa shape index (κ2) is 6.32. The summed E-state index contributed by atoms with van der Waals surface area (Å²) in [4.78, 5) is 0.0541. The molecule has 0 heterocycles. The van der Waals surface area contributed by atoms with Crippen molar-refractivity contribution in [1.82, 2.24) is 0 Å². The molecule has 0 unspecified atom stereocenters. The minimum Gasteiger partial charge on any atom is -0.262 e. The molecule has 0 N–H and O–H groups in total. The van der Waals surface area contributed by atoms with Gasteiger partial charge in [-0.25, -0.2) is 12.8 Å². The van der Waals surface area contributed by atoms with Crippen molar-refractivity contribution in [2.45, 2.75) is 18.7 Å². The zero-order chi connectivity index (χ0) is 16.3. The smallest absolute Gasteiger partial charge is 0.262 e. The van der Waals surface area contributed by atoms with E-state index in [4.69, 9.17) is 0 Å². The first-order chi connectivity index (χ1) is 10.4. The van der Waals surface area contributed by atoms with Gasteiger partial charge in [0.2, 0.25) is 0 Å². The Morgan fingerprint density at radius 2 is 1.64 bits per heavy atom. The first-order valence-electron chi connectivity index (χ1n) is 6.83. The van der Waals surface area contributed by atoms with Crippen LogP contribution in [0.1, 0.15) is 11.1 Å². The molecular weight excluding hydrogens is 301 g/mol. The minimum absolute atomic E-state index is 0.0541. The second-order valence-corrected chi connectivity index (χ2v) is 6.88. The largest absolute Gasteiger partial charge is 0.264 e. The summed E-state index contributed by atoms with van der Waals surface area (Å²) in [6.07, 6.45) is 1.53. The Morgan fingerprint density at radius 1 is 1.09 bits per heavy atom. The highest BCUT2D eigenvalue weighted by Gasteiger charge is 2.26. The van der Waals surface area contributed by atoms with Crippen LogP contribution in [0, 0.1) is 19.7 Å². The topological polar surface area (TPSA) is 37.4 Å². The van der Waals surface area contributed by atoms with Gasteiger partial charge in [-0.05, 0) is 49.2 Å². The molecule has 0 fully saturated rings. The van der Waals surface area contributed by atoms with E-state index in [9.17, 15) is 12.8 Å². The van der Waals surface area contributed by atoms with Crippen LogP contribution in [0.4, 0.5) is 10.1 Å². The fraction of sp³-hybridized carbons (Fsp3) is 0.176. The first kappa shape index (κ1) is 16.2. The molecule has 3 nitrogen and oxygen atoms in total. The van der Waals surface area contributed by atoms with E-state index in [1.165, 1.54) is 22.5 Å². The average Bonchev–Trinajstić information content (AvgIpc) is 2.46. The lowest BCUT2D eigenvalue weighted by atomic mass is 10.1. The summed E-state index contributed by atoms with van der Waals surface area (Å²) < 4.78 is 40.1. The first-order valence-corrected chi connectivity index (χ1v) is 8.27. The van der Waals surface area contributed by atoms with Crippen molar-refractivity contribution in [3.63, 3.8) is 0 Å². The fourth-order valence-electron chi connectivity index (χ4n) is 2.36. The maximum Gasteiger partial charge on any atom is 0.264 e. The predicted molar refractivity (Wildman–Crippen MR) is 87.0 cm³/mol. The van der Waals surface area contributed by atoms with Gasteiger partial charge in [0.05, 0.1) is 17.1 Å². The number of hydrogen-bond donors (Lipinski definition) is 0. The molecule has 0 spiro atoms. The molecule has 0 saturated heterocycles. The van der Waals surface area contributed by atoms with E-state index in [0.29, 0.717) is 5.69 Å². The monoisotopic (exact) mass is 319 g/mol. The van der Waals surface area contributed by atoms with Crippen LogP contribution < -0.4 is 4.31 Å². The Kier molecular flexibility index (Phi) is 4.66. The third-order valence-electron chi connectivity index (χ3n) is 3.39. The van der Waals surface area contributed by atoms with Gasteiger partial charge < -0.3 is 0 Å². The van der Waals surface area contributed by atoms with Crippen molar-refractivity contribution in [3.05, 3.63) is 72.1 Å². The van der Waals surface area contributed by atoms with Crippen molar-refractivity contribution in [3.8, 4) is 0 Å². The summed E-state index contributed by atoms with van der Waals surface area (Å²) in [6, 6.07) is 10.4. The minimum atomic E-state index is -3.78. The van der Waals surface area contributed by atoms with Crippen LogP contribution in [0.25, 0.3) is 0 Å². The molecule has 116 valence electrons. The van der Waals surface area contributed by atoms with Gasteiger partial charge in [0, 0.05) is 0 Å². The molecule has 0 aliphatic heterocycles. The van der Waals surface area contributed by atoms with Crippen LogP contribution in [-0.4, -0.2) is 15.0 Å². The standard InChI is InChI=1S/C17H18FNO2S/c1-4-12-19(17-13(2)6-5-7-14(17)3)22(20,21)16-10-8-15(18)9-11-16/h4-11H,1,12H2,2-3H3. The maximum atomic E-state index is 13.1. The molecule has 5 heteroatoms. The molecule has 0 bridgehead atoms. The quantitative estimate of drug-likeness (QED) is 0.786. The molecule has 2 rings (SSSR count). The molecule has 0 aliphatic rings. The van der Waals surface area contributed by atoms with Crippen molar-refractivity contribution < 1.29 is 12.8 Å². The normalized spacial score (nSPS) is 11.2. The highest BCUT2D eigenvalue weighted by Crippen LogP contribution is 2.30. The van der Waals surface area contributed by atoms with E-state index in [2.05, 4.69) is 6.58 Å². The lowest BCUT2D eigenvalue weighted by Crippen LogP contribution is -2.32. The van der Waals surface area contributed by atoms with Gasteiger partial charge in [-0.3, -0.25) is 4.31 Å². The Hall–Kier alpha value is -2.14. The molecule has 0 aromatic heterocycles. The van der Waals surface area contributed by atoms with E-state index >= 15 is 0 Å². The Balaban J connectivity index is 2.61. The van der Waals surface area contributed by atoms with Crippen molar-refractivity contribution >= 4 is 15.7 Å². The van der Waals surface area contributed by atoms with Gasteiger partial charge in [-0.1, -0.05) is 24.3 Å². The lowest BCUT2D eigenvalue weighted by Gasteiger charge is -2.26. The van der Waals surface area contributed by atoms with Crippen LogP contribution in [0.2, 0.25) is 0 Å². The molecule has 2 aromatic carbocycles. The number of aryl methyl sites for hydroxylation is 2. The number of benzene rings is 2. The molecule has 0 radical (unpaired) electrons. The van der Waals surface area contributed by atoms with Gasteiger partial charge in [0.25, 0.3) is 10.0 Å². The van der Waals surface area contributed by atoms with Crippen LogP contribution in [0.5, 0.6) is 0 Å². The van der Waals surface area contributed by atoms with Crippen molar-refractivity contribution in [1.29, 1.82) is 0 Å². The van der Waals surface area contributed by atoms with E-state index < -0.39 is 15.8 Å². The number of para-hydroxylation sites is 1. The van der Waals surface area contributed by atoms with E-state index in [1.807, 2.05) is 32.0 Å². The molecule has 0 saturated carbocycles.